The maximum atomic E-state index is 12.9. The minimum Gasteiger partial charge on any atom is -0.356 e. The fraction of sp³-hybridized carbons (Fsp3) is 0.200. The van der Waals surface area contributed by atoms with Crippen LogP contribution in [-0.4, -0.2) is 31.0 Å². The van der Waals surface area contributed by atoms with Gasteiger partial charge < -0.3 is 9.80 Å². The quantitative estimate of drug-likeness (QED) is 0.798. The Hall–Kier alpha value is -2.43. The van der Waals surface area contributed by atoms with E-state index in [2.05, 4.69) is 4.98 Å². The molecule has 0 atom stereocenters. The summed E-state index contributed by atoms with van der Waals surface area (Å²) in [5.74, 6) is 0.309. The monoisotopic (exact) mass is 271 g/mol. The van der Waals surface area contributed by atoms with Gasteiger partial charge >= 0.3 is 0 Å². The van der Waals surface area contributed by atoms with Gasteiger partial charge in [0, 0.05) is 31.9 Å². The lowest BCUT2D eigenvalue weighted by Gasteiger charge is -2.34. The highest BCUT2D eigenvalue weighted by Crippen LogP contribution is 2.30. The van der Waals surface area contributed by atoms with Crippen molar-refractivity contribution < 1.29 is 9.18 Å². The second-order valence-electron chi connectivity index (χ2n) is 4.73. The Bertz CT molecular complexity index is 642. The van der Waals surface area contributed by atoms with Gasteiger partial charge in [0.2, 0.25) is 0 Å². The largest absolute Gasteiger partial charge is 0.356 e. The van der Waals surface area contributed by atoms with E-state index in [-0.39, 0.29) is 11.7 Å². The molecule has 0 aliphatic carbocycles. The van der Waals surface area contributed by atoms with Crippen molar-refractivity contribution >= 4 is 17.4 Å². The van der Waals surface area contributed by atoms with Gasteiger partial charge in [0.25, 0.3) is 5.91 Å². The highest BCUT2D eigenvalue weighted by atomic mass is 19.1. The molecule has 1 aliphatic rings. The lowest BCUT2D eigenvalue weighted by Crippen LogP contribution is -2.43. The highest BCUT2D eigenvalue weighted by molar-refractivity contribution is 6.08. The summed E-state index contributed by atoms with van der Waals surface area (Å²) in [5, 5.41) is 0. The molecule has 1 aromatic heterocycles. The summed E-state index contributed by atoms with van der Waals surface area (Å²) < 4.78 is 12.9. The summed E-state index contributed by atoms with van der Waals surface area (Å²) in [7, 11) is 1.95. The Kier molecular flexibility index (Phi) is 3.10. The number of rotatable bonds is 1. The van der Waals surface area contributed by atoms with Crippen LogP contribution in [0.1, 0.15) is 10.4 Å². The Labute approximate surface area is 116 Å². The van der Waals surface area contributed by atoms with Crippen LogP contribution in [0, 0.1) is 5.82 Å². The van der Waals surface area contributed by atoms with E-state index >= 15 is 0 Å². The summed E-state index contributed by atoms with van der Waals surface area (Å²) in [5.41, 5.74) is 1.27. The SMILES string of the molecule is CN1CCN(C(=O)c2ccc(F)cc2)c2cccnc21. The smallest absolute Gasteiger partial charge is 0.258 e. The number of benzene rings is 1. The van der Waals surface area contributed by atoms with E-state index in [1.54, 1.807) is 11.1 Å². The van der Waals surface area contributed by atoms with E-state index in [1.165, 1.54) is 24.3 Å². The summed E-state index contributed by atoms with van der Waals surface area (Å²) in [6.45, 7) is 1.31. The molecule has 0 fully saturated rings. The molecule has 2 heterocycles. The molecule has 1 aliphatic heterocycles. The zero-order chi connectivity index (χ0) is 14.1. The molecule has 1 amide bonds. The number of amides is 1. The van der Waals surface area contributed by atoms with Gasteiger partial charge in [-0.05, 0) is 36.4 Å². The number of likely N-dealkylation sites (N-methyl/N-ethyl adjacent to an activating group) is 1. The number of hydrogen-bond acceptors (Lipinski definition) is 3. The first-order valence-corrected chi connectivity index (χ1v) is 6.40. The first kappa shape index (κ1) is 12.6. The number of carbonyl (C=O) groups is 1. The lowest BCUT2D eigenvalue weighted by atomic mass is 10.1. The van der Waals surface area contributed by atoms with Crippen molar-refractivity contribution in [2.45, 2.75) is 0 Å². The van der Waals surface area contributed by atoms with Crippen molar-refractivity contribution in [3.63, 3.8) is 0 Å². The molecule has 0 bridgehead atoms. The molecule has 3 rings (SSSR count). The van der Waals surface area contributed by atoms with Crippen LogP contribution in [-0.2, 0) is 0 Å². The summed E-state index contributed by atoms with van der Waals surface area (Å²) in [6.07, 6.45) is 1.71. The Morgan fingerprint density at radius 1 is 1.20 bits per heavy atom. The van der Waals surface area contributed by atoms with Crippen LogP contribution in [0.25, 0.3) is 0 Å². The summed E-state index contributed by atoms with van der Waals surface area (Å²) >= 11 is 0. The highest BCUT2D eigenvalue weighted by Gasteiger charge is 2.26. The molecule has 0 radical (unpaired) electrons. The molecule has 0 spiro atoms. The average molecular weight is 271 g/mol. The summed E-state index contributed by atoms with van der Waals surface area (Å²) in [6, 6.07) is 9.29. The van der Waals surface area contributed by atoms with E-state index in [4.69, 9.17) is 0 Å². The number of pyridine rings is 1. The molecule has 5 heteroatoms. The first-order chi connectivity index (χ1) is 9.66. The Balaban J connectivity index is 1.97. The third kappa shape index (κ3) is 2.11. The fourth-order valence-electron chi connectivity index (χ4n) is 2.33. The van der Waals surface area contributed by atoms with E-state index < -0.39 is 0 Å². The van der Waals surface area contributed by atoms with Crippen LogP contribution < -0.4 is 9.80 Å². The lowest BCUT2D eigenvalue weighted by molar-refractivity contribution is 0.0986. The Morgan fingerprint density at radius 2 is 1.95 bits per heavy atom. The standard InChI is InChI=1S/C15H14FN3O/c1-18-9-10-19(13-3-2-8-17-14(13)18)15(20)11-4-6-12(16)7-5-11/h2-8H,9-10H2,1H3. The number of fused-ring (bicyclic) bond motifs is 1. The van der Waals surface area contributed by atoms with Crippen LogP contribution in [0.3, 0.4) is 0 Å². The molecular weight excluding hydrogens is 257 g/mol. The van der Waals surface area contributed by atoms with E-state index in [0.717, 1.165) is 18.1 Å². The van der Waals surface area contributed by atoms with E-state index in [1.807, 2.05) is 24.1 Å². The van der Waals surface area contributed by atoms with Gasteiger partial charge in [-0.2, -0.15) is 0 Å². The van der Waals surface area contributed by atoms with Crippen molar-refractivity contribution in [3.05, 3.63) is 54.0 Å². The minimum absolute atomic E-state index is 0.132. The second kappa shape index (κ2) is 4.92. The summed E-state index contributed by atoms with van der Waals surface area (Å²) in [4.78, 5) is 20.6. The third-order valence-electron chi connectivity index (χ3n) is 3.41. The van der Waals surface area contributed by atoms with Gasteiger partial charge in [-0.25, -0.2) is 9.37 Å². The van der Waals surface area contributed by atoms with Crippen LogP contribution in [0.4, 0.5) is 15.9 Å². The number of nitrogens with zero attached hydrogens (tertiary/aromatic N) is 3. The Morgan fingerprint density at radius 3 is 2.70 bits per heavy atom. The number of hydrogen-bond donors (Lipinski definition) is 0. The molecule has 0 N–H and O–H groups in total. The van der Waals surface area contributed by atoms with Crippen LogP contribution in [0.5, 0.6) is 0 Å². The van der Waals surface area contributed by atoms with Crippen LogP contribution in [0.2, 0.25) is 0 Å². The molecule has 1 aromatic carbocycles. The molecular formula is C15H14FN3O. The molecule has 0 saturated heterocycles. The molecule has 20 heavy (non-hydrogen) atoms. The number of carbonyl (C=O) groups excluding carboxylic acids is 1. The molecule has 2 aromatic rings. The molecule has 4 nitrogen and oxygen atoms in total. The van der Waals surface area contributed by atoms with Gasteiger partial charge in [0.15, 0.2) is 5.82 Å². The van der Waals surface area contributed by atoms with Crippen molar-refractivity contribution in [2.75, 3.05) is 29.9 Å². The average Bonchev–Trinajstić information content (AvgIpc) is 2.48. The first-order valence-electron chi connectivity index (χ1n) is 6.40. The molecule has 0 saturated carbocycles. The zero-order valence-electron chi connectivity index (χ0n) is 11.1. The van der Waals surface area contributed by atoms with Crippen LogP contribution in [0.15, 0.2) is 42.6 Å². The molecule has 102 valence electrons. The third-order valence-corrected chi connectivity index (χ3v) is 3.41. The van der Waals surface area contributed by atoms with Gasteiger partial charge in [-0.15, -0.1) is 0 Å². The number of halogens is 1. The van der Waals surface area contributed by atoms with Crippen molar-refractivity contribution in [1.29, 1.82) is 0 Å². The number of anilines is 2. The van der Waals surface area contributed by atoms with Crippen molar-refractivity contribution in [1.82, 2.24) is 4.98 Å². The van der Waals surface area contributed by atoms with Gasteiger partial charge in [-0.3, -0.25) is 4.79 Å². The predicted molar refractivity (Wildman–Crippen MR) is 75.6 cm³/mol. The van der Waals surface area contributed by atoms with Gasteiger partial charge in [0.1, 0.15) is 5.82 Å². The zero-order valence-corrected chi connectivity index (χ0v) is 11.1. The van der Waals surface area contributed by atoms with Gasteiger partial charge in [-0.1, -0.05) is 0 Å². The van der Waals surface area contributed by atoms with E-state index in [9.17, 15) is 9.18 Å². The van der Waals surface area contributed by atoms with Crippen molar-refractivity contribution in [2.24, 2.45) is 0 Å². The van der Waals surface area contributed by atoms with Crippen molar-refractivity contribution in [3.8, 4) is 0 Å². The van der Waals surface area contributed by atoms with E-state index in [0.29, 0.717) is 12.1 Å². The number of aromatic nitrogens is 1. The fourth-order valence-corrected chi connectivity index (χ4v) is 2.33. The van der Waals surface area contributed by atoms with Gasteiger partial charge in [0.05, 0.1) is 5.69 Å². The topological polar surface area (TPSA) is 36.4 Å². The maximum Gasteiger partial charge on any atom is 0.258 e. The maximum absolute atomic E-state index is 12.9. The second-order valence-corrected chi connectivity index (χ2v) is 4.73. The van der Waals surface area contributed by atoms with Crippen LogP contribution >= 0.6 is 0 Å². The predicted octanol–water partition coefficient (Wildman–Crippen LogP) is 2.32. The molecule has 0 unspecified atom stereocenters. The minimum atomic E-state index is -0.345. The normalized spacial score (nSPS) is 14.1.